The van der Waals surface area contributed by atoms with E-state index in [0.29, 0.717) is 10.8 Å². The molecule has 0 amide bonds. The number of hydrogen-bond donors (Lipinski definition) is 1. The fourth-order valence-electron chi connectivity index (χ4n) is 2.36. The van der Waals surface area contributed by atoms with Gasteiger partial charge in [-0.05, 0) is 43.8 Å². The Morgan fingerprint density at radius 1 is 1.39 bits per heavy atom. The van der Waals surface area contributed by atoms with Crippen molar-refractivity contribution in [1.29, 1.82) is 0 Å². The molecule has 2 rings (SSSR count). The Labute approximate surface area is 112 Å². The Bertz CT molecular complexity index is 585. The number of aromatic amines is 1. The average Bonchev–Trinajstić information content (AvgIpc) is 2.64. The van der Waals surface area contributed by atoms with Crippen molar-refractivity contribution in [3.05, 3.63) is 28.8 Å². The summed E-state index contributed by atoms with van der Waals surface area (Å²) in [5.41, 5.74) is 1.77. The molecular formula is C14H19FN2S. The van der Waals surface area contributed by atoms with Crippen LogP contribution in [0.1, 0.15) is 45.6 Å². The third-order valence-corrected chi connectivity index (χ3v) is 3.64. The molecule has 0 aliphatic heterocycles. The fourth-order valence-corrected chi connectivity index (χ4v) is 2.75. The van der Waals surface area contributed by atoms with Gasteiger partial charge in [-0.25, -0.2) is 4.39 Å². The first-order valence-electron chi connectivity index (χ1n) is 6.53. The maximum Gasteiger partial charge on any atom is 0.178 e. The highest BCUT2D eigenvalue weighted by atomic mass is 32.1. The summed E-state index contributed by atoms with van der Waals surface area (Å²) >= 11 is 5.34. The van der Waals surface area contributed by atoms with Gasteiger partial charge in [-0.3, -0.25) is 0 Å². The fraction of sp³-hybridized carbons (Fsp3) is 0.500. The number of halogens is 1. The third-order valence-electron chi connectivity index (χ3n) is 3.34. The minimum Gasteiger partial charge on any atom is -0.330 e. The Balaban J connectivity index is 2.32. The monoisotopic (exact) mass is 266 g/mol. The predicted octanol–water partition coefficient (Wildman–Crippen LogP) is 4.98. The molecule has 0 saturated carbocycles. The van der Waals surface area contributed by atoms with E-state index in [-0.39, 0.29) is 5.82 Å². The molecule has 18 heavy (non-hydrogen) atoms. The number of nitrogens with zero attached hydrogens (tertiary/aromatic N) is 1. The predicted molar refractivity (Wildman–Crippen MR) is 75.9 cm³/mol. The topological polar surface area (TPSA) is 20.7 Å². The zero-order valence-electron chi connectivity index (χ0n) is 10.9. The SMILES string of the molecule is CCCCCC(C)n1c(=S)[nH]c2cc(F)ccc21. The Kier molecular flexibility index (Phi) is 4.17. The van der Waals surface area contributed by atoms with Crippen molar-refractivity contribution in [2.45, 2.75) is 45.6 Å². The molecular weight excluding hydrogens is 247 g/mol. The van der Waals surface area contributed by atoms with Crippen LogP contribution < -0.4 is 0 Å². The molecule has 2 nitrogen and oxygen atoms in total. The van der Waals surface area contributed by atoms with Crippen LogP contribution in [0, 0.1) is 10.6 Å². The maximum atomic E-state index is 13.2. The van der Waals surface area contributed by atoms with Crippen molar-refractivity contribution >= 4 is 23.3 Å². The van der Waals surface area contributed by atoms with Crippen LogP contribution in [0.2, 0.25) is 0 Å². The van der Waals surface area contributed by atoms with Crippen LogP contribution in [0.25, 0.3) is 11.0 Å². The summed E-state index contributed by atoms with van der Waals surface area (Å²) in [5, 5.41) is 0. The molecule has 1 N–H and O–H groups in total. The molecule has 0 bridgehead atoms. The quantitative estimate of drug-likeness (QED) is 0.598. The lowest BCUT2D eigenvalue weighted by Crippen LogP contribution is -2.05. The zero-order chi connectivity index (χ0) is 13.1. The lowest BCUT2D eigenvalue weighted by Gasteiger charge is -2.14. The number of hydrogen-bond acceptors (Lipinski definition) is 1. The molecule has 0 radical (unpaired) electrons. The van der Waals surface area contributed by atoms with Gasteiger partial charge in [0.15, 0.2) is 4.77 Å². The molecule has 1 aromatic carbocycles. The molecule has 1 heterocycles. The first-order valence-corrected chi connectivity index (χ1v) is 6.94. The van der Waals surface area contributed by atoms with Gasteiger partial charge in [-0.2, -0.15) is 0 Å². The van der Waals surface area contributed by atoms with E-state index in [1.807, 2.05) is 0 Å². The van der Waals surface area contributed by atoms with Gasteiger partial charge in [0.05, 0.1) is 11.0 Å². The van der Waals surface area contributed by atoms with Gasteiger partial charge in [0.1, 0.15) is 5.82 Å². The van der Waals surface area contributed by atoms with Crippen LogP contribution in [-0.4, -0.2) is 9.55 Å². The average molecular weight is 266 g/mol. The van der Waals surface area contributed by atoms with Gasteiger partial charge in [-0.1, -0.05) is 26.2 Å². The number of unbranched alkanes of at least 4 members (excludes halogenated alkanes) is 2. The van der Waals surface area contributed by atoms with E-state index >= 15 is 0 Å². The van der Waals surface area contributed by atoms with E-state index in [4.69, 9.17) is 12.2 Å². The Hall–Kier alpha value is -1.16. The van der Waals surface area contributed by atoms with Crippen molar-refractivity contribution in [2.24, 2.45) is 0 Å². The van der Waals surface area contributed by atoms with E-state index in [0.717, 1.165) is 17.5 Å². The second-order valence-electron chi connectivity index (χ2n) is 4.81. The number of imidazole rings is 1. The molecule has 0 fully saturated rings. The first-order chi connectivity index (χ1) is 8.63. The molecule has 0 saturated heterocycles. The van der Waals surface area contributed by atoms with E-state index in [1.54, 1.807) is 6.07 Å². The van der Waals surface area contributed by atoms with Crippen LogP contribution in [0.5, 0.6) is 0 Å². The number of H-pyrrole nitrogens is 1. The number of rotatable bonds is 5. The van der Waals surface area contributed by atoms with Crippen molar-refractivity contribution in [1.82, 2.24) is 9.55 Å². The normalized spacial score (nSPS) is 13.1. The standard InChI is InChI=1S/C14H19FN2S/c1-3-4-5-6-10(2)17-13-8-7-11(15)9-12(13)16-14(17)18/h7-10H,3-6H2,1-2H3,(H,16,18). The summed E-state index contributed by atoms with van der Waals surface area (Å²) in [7, 11) is 0. The van der Waals surface area contributed by atoms with Crippen LogP contribution in [0.15, 0.2) is 18.2 Å². The van der Waals surface area contributed by atoms with Crippen molar-refractivity contribution in [3.63, 3.8) is 0 Å². The first kappa shape index (κ1) is 13.3. The van der Waals surface area contributed by atoms with Crippen LogP contribution >= 0.6 is 12.2 Å². The molecule has 0 aliphatic rings. The summed E-state index contributed by atoms with van der Waals surface area (Å²) < 4.78 is 15.9. The minimum absolute atomic E-state index is 0.232. The van der Waals surface area contributed by atoms with E-state index in [9.17, 15) is 4.39 Å². The lowest BCUT2D eigenvalue weighted by atomic mass is 10.1. The van der Waals surface area contributed by atoms with Gasteiger partial charge in [0.2, 0.25) is 0 Å². The molecule has 0 spiro atoms. The van der Waals surface area contributed by atoms with Crippen molar-refractivity contribution < 1.29 is 4.39 Å². The Morgan fingerprint density at radius 3 is 2.89 bits per heavy atom. The Morgan fingerprint density at radius 2 is 2.17 bits per heavy atom. The van der Waals surface area contributed by atoms with Crippen LogP contribution in [0.3, 0.4) is 0 Å². The molecule has 1 aromatic heterocycles. The summed E-state index contributed by atoms with van der Waals surface area (Å²) in [5.74, 6) is -0.232. The largest absolute Gasteiger partial charge is 0.330 e. The van der Waals surface area contributed by atoms with Gasteiger partial charge >= 0.3 is 0 Å². The second-order valence-corrected chi connectivity index (χ2v) is 5.19. The van der Waals surface area contributed by atoms with E-state index < -0.39 is 0 Å². The maximum absolute atomic E-state index is 13.2. The number of aromatic nitrogens is 2. The second kappa shape index (κ2) is 5.65. The van der Waals surface area contributed by atoms with E-state index in [2.05, 4.69) is 23.4 Å². The molecule has 1 unspecified atom stereocenters. The summed E-state index contributed by atoms with van der Waals surface area (Å²) in [4.78, 5) is 3.08. The number of fused-ring (bicyclic) bond motifs is 1. The number of nitrogens with one attached hydrogen (secondary N) is 1. The highest BCUT2D eigenvalue weighted by Gasteiger charge is 2.11. The smallest absolute Gasteiger partial charge is 0.178 e. The van der Waals surface area contributed by atoms with Gasteiger partial charge < -0.3 is 9.55 Å². The number of benzene rings is 1. The highest BCUT2D eigenvalue weighted by molar-refractivity contribution is 7.71. The summed E-state index contributed by atoms with van der Waals surface area (Å²) in [6.45, 7) is 4.37. The van der Waals surface area contributed by atoms with E-state index in [1.165, 1.54) is 31.4 Å². The summed E-state index contributed by atoms with van der Waals surface area (Å²) in [6, 6.07) is 5.14. The molecule has 1 atom stereocenters. The molecule has 2 aromatic rings. The van der Waals surface area contributed by atoms with Crippen LogP contribution in [-0.2, 0) is 0 Å². The highest BCUT2D eigenvalue weighted by Crippen LogP contribution is 2.23. The van der Waals surface area contributed by atoms with Crippen LogP contribution in [0.4, 0.5) is 4.39 Å². The van der Waals surface area contributed by atoms with Gasteiger partial charge in [-0.15, -0.1) is 0 Å². The summed E-state index contributed by atoms with van der Waals surface area (Å²) in [6.07, 6.45) is 4.77. The van der Waals surface area contributed by atoms with Crippen molar-refractivity contribution in [2.75, 3.05) is 0 Å². The van der Waals surface area contributed by atoms with Gasteiger partial charge in [0.25, 0.3) is 0 Å². The molecule has 4 heteroatoms. The molecule has 0 aliphatic carbocycles. The lowest BCUT2D eigenvalue weighted by molar-refractivity contribution is 0.483. The van der Waals surface area contributed by atoms with Crippen molar-refractivity contribution in [3.8, 4) is 0 Å². The third kappa shape index (κ3) is 2.64. The van der Waals surface area contributed by atoms with Gasteiger partial charge in [0, 0.05) is 6.04 Å². The zero-order valence-corrected chi connectivity index (χ0v) is 11.7. The minimum atomic E-state index is -0.232. The molecule has 98 valence electrons.